The maximum Gasteiger partial charge on any atom is 0.142 e. The Labute approximate surface area is 135 Å². The van der Waals surface area contributed by atoms with E-state index in [1.54, 1.807) is 13.2 Å². The molecule has 21 heavy (non-hydrogen) atoms. The van der Waals surface area contributed by atoms with Gasteiger partial charge in [-0.2, -0.15) is 0 Å². The summed E-state index contributed by atoms with van der Waals surface area (Å²) < 4.78 is 20.8. The van der Waals surface area contributed by atoms with E-state index in [2.05, 4.69) is 28.2 Å². The Hall–Kier alpha value is -0.450. The molecule has 2 rings (SSSR count). The second-order valence-corrected chi connectivity index (χ2v) is 6.63. The molecule has 2 unspecified atom stereocenters. The van der Waals surface area contributed by atoms with E-state index in [-0.39, 0.29) is 18.0 Å². The van der Waals surface area contributed by atoms with Crippen LogP contribution in [0.4, 0.5) is 4.39 Å². The lowest BCUT2D eigenvalue weighted by Crippen LogP contribution is -2.39. The summed E-state index contributed by atoms with van der Waals surface area (Å²) in [5, 5.41) is 3.43. The van der Waals surface area contributed by atoms with Crippen LogP contribution < -0.4 is 5.32 Å². The molecule has 2 atom stereocenters. The summed E-state index contributed by atoms with van der Waals surface area (Å²) in [7, 11) is 1.75. The van der Waals surface area contributed by atoms with E-state index in [0.717, 1.165) is 6.54 Å². The Kier molecular flexibility index (Phi) is 6.65. The van der Waals surface area contributed by atoms with Gasteiger partial charge in [0.15, 0.2) is 0 Å². The number of benzene rings is 1. The Balaban J connectivity index is 2.28. The molecular formula is C17H25BrFNO. The predicted octanol–water partition coefficient (Wildman–Crippen LogP) is 4.83. The highest BCUT2D eigenvalue weighted by Crippen LogP contribution is 2.35. The normalized spacial score (nSPS) is 19.4. The van der Waals surface area contributed by atoms with Crippen molar-refractivity contribution in [1.82, 2.24) is 5.32 Å². The number of methoxy groups -OCH3 is 1. The number of nitrogens with one attached hydrogen (secondary N) is 1. The lowest BCUT2D eigenvalue weighted by molar-refractivity contribution is 0.00705. The molecule has 0 aromatic heterocycles. The van der Waals surface area contributed by atoms with Crippen LogP contribution in [0, 0.1) is 11.7 Å². The van der Waals surface area contributed by atoms with Crippen molar-refractivity contribution < 1.29 is 9.13 Å². The van der Waals surface area contributed by atoms with Crippen LogP contribution >= 0.6 is 15.9 Å². The summed E-state index contributed by atoms with van der Waals surface area (Å²) in [6.07, 6.45) is 6.19. The zero-order valence-corrected chi connectivity index (χ0v) is 14.5. The Bertz CT molecular complexity index is 448. The first kappa shape index (κ1) is 16.9. The number of halogens is 2. The molecule has 0 amide bonds. The van der Waals surface area contributed by atoms with Gasteiger partial charge >= 0.3 is 0 Å². The molecule has 0 spiro atoms. The second kappa shape index (κ2) is 8.25. The molecule has 0 bridgehead atoms. The van der Waals surface area contributed by atoms with Crippen molar-refractivity contribution in [3.05, 3.63) is 34.1 Å². The maximum absolute atomic E-state index is 14.5. The van der Waals surface area contributed by atoms with Crippen molar-refractivity contribution in [2.45, 2.75) is 51.2 Å². The summed E-state index contributed by atoms with van der Waals surface area (Å²) in [6.45, 7) is 2.85. The minimum absolute atomic E-state index is 0.0223. The molecule has 1 N–H and O–H groups in total. The fourth-order valence-corrected chi connectivity index (χ4v) is 3.83. The van der Waals surface area contributed by atoms with E-state index in [1.165, 1.54) is 32.1 Å². The van der Waals surface area contributed by atoms with Gasteiger partial charge in [-0.1, -0.05) is 38.3 Å². The highest BCUT2D eigenvalue weighted by Gasteiger charge is 2.32. The van der Waals surface area contributed by atoms with E-state index in [9.17, 15) is 4.39 Å². The summed E-state index contributed by atoms with van der Waals surface area (Å²) in [5.74, 6) is 0.326. The topological polar surface area (TPSA) is 21.3 Å². The van der Waals surface area contributed by atoms with Gasteiger partial charge in [0.25, 0.3) is 0 Å². The third-order valence-electron chi connectivity index (χ3n) is 4.46. The van der Waals surface area contributed by atoms with E-state index in [4.69, 9.17) is 4.74 Å². The molecular weight excluding hydrogens is 333 g/mol. The van der Waals surface area contributed by atoms with Gasteiger partial charge in [0.2, 0.25) is 0 Å². The van der Waals surface area contributed by atoms with Gasteiger partial charge in [0, 0.05) is 12.7 Å². The summed E-state index contributed by atoms with van der Waals surface area (Å²) >= 11 is 3.29. The first-order chi connectivity index (χ1) is 10.2. The molecule has 4 heteroatoms. The second-order valence-electron chi connectivity index (χ2n) is 5.78. The van der Waals surface area contributed by atoms with Crippen molar-refractivity contribution in [3.63, 3.8) is 0 Å². The van der Waals surface area contributed by atoms with Crippen molar-refractivity contribution in [3.8, 4) is 0 Å². The molecule has 1 fully saturated rings. The van der Waals surface area contributed by atoms with Crippen molar-refractivity contribution in [2.24, 2.45) is 5.92 Å². The SMILES string of the molecule is CCNC(c1cccc(Br)c1F)C(OC)C1CCCCC1. The maximum atomic E-state index is 14.5. The third-order valence-corrected chi connectivity index (χ3v) is 5.07. The highest BCUT2D eigenvalue weighted by atomic mass is 79.9. The Morgan fingerprint density at radius 2 is 2.05 bits per heavy atom. The Morgan fingerprint density at radius 3 is 2.67 bits per heavy atom. The minimum Gasteiger partial charge on any atom is -0.379 e. The summed E-state index contributed by atoms with van der Waals surface area (Å²) in [6, 6.07) is 5.40. The molecule has 0 saturated heterocycles. The van der Waals surface area contributed by atoms with Crippen LogP contribution in [0.3, 0.4) is 0 Å². The summed E-state index contributed by atoms with van der Waals surface area (Å²) in [4.78, 5) is 0. The van der Waals surface area contributed by atoms with Gasteiger partial charge in [-0.15, -0.1) is 0 Å². The van der Waals surface area contributed by atoms with E-state index in [1.807, 2.05) is 12.1 Å². The molecule has 118 valence electrons. The lowest BCUT2D eigenvalue weighted by Gasteiger charge is -2.35. The molecule has 0 radical (unpaired) electrons. The monoisotopic (exact) mass is 357 g/mol. The zero-order chi connectivity index (χ0) is 15.2. The zero-order valence-electron chi connectivity index (χ0n) is 12.9. The smallest absolute Gasteiger partial charge is 0.142 e. The quantitative estimate of drug-likeness (QED) is 0.786. The van der Waals surface area contributed by atoms with Crippen LogP contribution in [-0.4, -0.2) is 19.8 Å². The molecule has 1 aromatic rings. The van der Waals surface area contributed by atoms with Crippen LogP contribution in [0.5, 0.6) is 0 Å². The van der Waals surface area contributed by atoms with Crippen LogP contribution in [0.2, 0.25) is 0 Å². The van der Waals surface area contributed by atoms with E-state index >= 15 is 0 Å². The molecule has 1 saturated carbocycles. The van der Waals surface area contributed by atoms with Crippen LogP contribution in [0.25, 0.3) is 0 Å². The molecule has 1 aliphatic carbocycles. The molecule has 1 aliphatic rings. The predicted molar refractivity (Wildman–Crippen MR) is 87.9 cm³/mol. The minimum atomic E-state index is -0.179. The number of ether oxygens (including phenoxy) is 1. The first-order valence-electron chi connectivity index (χ1n) is 7.89. The Morgan fingerprint density at radius 1 is 1.33 bits per heavy atom. The molecule has 0 aliphatic heterocycles. The number of likely N-dealkylation sites (N-methyl/N-ethyl adjacent to an activating group) is 1. The van der Waals surface area contributed by atoms with Gasteiger partial charge < -0.3 is 10.1 Å². The van der Waals surface area contributed by atoms with Crippen molar-refractivity contribution in [2.75, 3.05) is 13.7 Å². The van der Waals surface area contributed by atoms with Crippen LogP contribution in [-0.2, 0) is 4.74 Å². The first-order valence-corrected chi connectivity index (χ1v) is 8.68. The fourth-order valence-electron chi connectivity index (χ4n) is 3.45. The highest BCUT2D eigenvalue weighted by molar-refractivity contribution is 9.10. The van der Waals surface area contributed by atoms with Gasteiger partial charge in [-0.05, 0) is 47.3 Å². The van der Waals surface area contributed by atoms with Gasteiger partial charge in [0.05, 0.1) is 16.6 Å². The molecule has 1 aromatic carbocycles. The molecule has 2 nitrogen and oxygen atoms in total. The number of hydrogen-bond donors (Lipinski definition) is 1. The van der Waals surface area contributed by atoms with Gasteiger partial charge in [-0.3, -0.25) is 0 Å². The molecule has 0 heterocycles. The lowest BCUT2D eigenvalue weighted by atomic mass is 9.81. The van der Waals surface area contributed by atoms with E-state index in [0.29, 0.717) is 16.0 Å². The third kappa shape index (κ3) is 4.05. The van der Waals surface area contributed by atoms with Gasteiger partial charge in [-0.25, -0.2) is 4.39 Å². The van der Waals surface area contributed by atoms with Crippen LogP contribution in [0.1, 0.15) is 50.6 Å². The number of hydrogen-bond acceptors (Lipinski definition) is 2. The standard InChI is InChI=1S/C17H25BrFNO/c1-3-20-16(13-10-7-11-14(18)15(13)19)17(21-2)12-8-5-4-6-9-12/h7,10-12,16-17,20H,3-6,8-9H2,1-2H3. The van der Waals surface area contributed by atoms with E-state index < -0.39 is 0 Å². The average molecular weight is 358 g/mol. The van der Waals surface area contributed by atoms with Crippen molar-refractivity contribution >= 4 is 15.9 Å². The fraction of sp³-hybridized carbons (Fsp3) is 0.647. The van der Waals surface area contributed by atoms with Gasteiger partial charge in [0.1, 0.15) is 5.82 Å². The van der Waals surface area contributed by atoms with Crippen molar-refractivity contribution in [1.29, 1.82) is 0 Å². The largest absolute Gasteiger partial charge is 0.379 e. The summed E-state index contributed by atoms with van der Waals surface area (Å²) in [5.41, 5.74) is 0.698. The van der Waals surface area contributed by atoms with Crippen LogP contribution in [0.15, 0.2) is 22.7 Å². The average Bonchev–Trinajstić information content (AvgIpc) is 2.51. The number of rotatable bonds is 6.